The highest BCUT2D eigenvalue weighted by molar-refractivity contribution is 6.30. The average Bonchev–Trinajstić information content (AvgIpc) is 3.11. The van der Waals surface area contributed by atoms with Crippen LogP contribution >= 0.6 is 11.6 Å². The van der Waals surface area contributed by atoms with Gasteiger partial charge in [-0.1, -0.05) is 11.6 Å². The highest BCUT2D eigenvalue weighted by atomic mass is 35.5. The molecule has 0 amide bonds. The molecule has 190 valence electrons. The molecular weight excluding hydrogens is 500 g/mol. The van der Waals surface area contributed by atoms with Gasteiger partial charge in [-0.05, 0) is 36.8 Å². The lowest BCUT2D eigenvalue weighted by atomic mass is 9.73. The van der Waals surface area contributed by atoms with Gasteiger partial charge in [-0.15, -0.1) is 10.2 Å². The standard InChI is InChI=1S/C25H24ClF2N9/c1-23(10-25(27,28)11-23)36-8-16-6-17(26)2-3-19(16)37-20(9-36)32-33-22(37)35-14-24(15-35)12-34(13-24)21-30-5-4-18(7-29)31-21/h2-6H,8-15H2,1H3. The molecule has 0 unspecified atom stereocenters. The molecule has 0 bridgehead atoms. The van der Waals surface area contributed by atoms with Crippen LogP contribution in [0.2, 0.25) is 5.02 Å². The van der Waals surface area contributed by atoms with Crippen molar-refractivity contribution >= 4 is 23.5 Å². The van der Waals surface area contributed by atoms with Gasteiger partial charge in [0, 0.05) is 67.7 Å². The van der Waals surface area contributed by atoms with Crippen LogP contribution in [0.25, 0.3) is 5.69 Å². The molecule has 3 aliphatic heterocycles. The van der Waals surface area contributed by atoms with Crippen molar-refractivity contribution in [1.82, 2.24) is 29.6 Å². The molecule has 3 aromatic rings. The first-order valence-electron chi connectivity index (χ1n) is 12.3. The molecule has 1 aromatic carbocycles. The van der Waals surface area contributed by atoms with Crippen molar-refractivity contribution in [1.29, 1.82) is 5.26 Å². The smallest absolute Gasteiger partial charge is 0.251 e. The van der Waals surface area contributed by atoms with Gasteiger partial charge in [0.05, 0.1) is 12.2 Å². The number of fused-ring (bicyclic) bond motifs is 3. The zero-order valence-corrected chi connectivity index (χ0v) is 21.0. The van der Waals surface area contributed by atoms with Gasteiger partial charge in [0.15, 0.2) is 5.82 Å². The summed E-state index contributed by atoms with van der Waals surface area (Å²) in [6, 6.07) is 9.39. The molecule has 7 rings (SSSR count). The lowest BCUT2D eigenvalue weighted by Gasteiger charge is -2.60. The number of benzene rings is 1. The van der Waals surface area contributed by atoms with Crippen molar-refractivity contribution in [3.8, 4) is 11.8 Å². The van der Waals surface area contributed by atoms with Gasteiger partial charge in [0.25, 0.3) is 5.92 Å². The summed E-state index contributed by atoms with van der Waals surface area (Å²) in [5.41, 5.74) is 1.78. The molecule has 0 atom stereocenters. The van der Waals surface area contributed by atoms with Crippen LogP contribution in [-0.2, 0) is 13.1 Å². The second-order valence-electron chi connectivity index (χ2n) is 11.2. The molecule has 1 aliphatic carbocycles. The van der Waals surface area contributed by atoms with Gasteiger partial charge in [-0.25, -0.2) is 18.7 Å². The third-order valence-corrected chi connectivity index (χ3v) is 8.39. The number of rotatable bonds is 3. The summed E-state index contributed by atoms with van der Waals surface area (Å²) < 4.78 is 29.8. The Morgan fingerprint density at radius 2 is 1.78 bits per heavy atom. The quantitative estimate of drug-likeness (QED) is 0.516. The van der Waals surface area contributed by atoms with Gasteiger partial charge >= 0.3 is 0 Å². The topological polar surface area (TPSA) is 90.0 Å². The van der Waals surface area contributed by atoms with Gasteiger partial charge in [-0.3, -0.25) is 9.47 Å². The fourth-order valence-electron chi connectivity index (χ4n) is 6.43. The number of halogens is 3. The third kappa shape index (κ3) is 3.57. The van der Waals surface area contributed by atoms with E-state index < -0.39 is 11.5 Å². The van der Waals surface area contributed by atoms with Crippen molar-refractivity contribution in [3.05, 3.63) is 52.6 Å². The van der Waals surface area contributed by atoms with Gasteiger partial charge in [-0.2, -0.15) is 5.26 Å². The number of aromatic nitrogens is 5. The number of anilines is 2. The fraction of sp³-hybridized carbons (Fsp3) is 0.480. The fourth-order valence-corrected chi connectivity index (χ4v) is 6.63. The second kappa shape index (κ2) is 7.58. The summed E-state index contributed by atoms with van der Waals surface area (Å²) in [6.45, 7) is 6.11. The second-order valence-corrected chi connectivity index (χ2v) is 11.6. The van der Waals surface area contributed by atoms with Crippen LogP contribution in [0.3, 0.4) is 0 Å². The van der Waals surface area contributed by atoms with E-state index in [4.69, 9.17) is 16.9 Å². The van der Waals surface area contributed by atoms with E-state index in [1.54, 1.807) is 12.3 Å². The van der Waals surface area contributed by atoms with Crippen LogP contribution in [0.5, 0.6) is 0 Å². The van der Waals surface area contributed by atoms with Crippen molar-refractivity contribution in [2.45, 2.75) is 44.3 Å². The van der Waals surface area contributed by atoms with E-state index in [2.05, 4.69) is 45.5 Å². The molecule has 4 aliphatic rings. The summed E-state index contributed by atoms with van der Waals surface area (Å²) in [6.07, 6.45) is 1.29. The summed E-state index contributed by atoms with van der Waals surface area (Å²) in [5, 5.41) is 18.8. The van der Waals surface area contributed by atoms with E-state index in [9.17, 15) is 8.78 Å². The molecule has 9 nitrogen and oxygen atoms in total. The summed E-state index contributed by atoms with van der Waals surface area (Å²) in [5.74, 6) is -0.539. The first kappa shape index (κ1) is 22.8. The predicted octanol–water partition coefficient (Wildman–Crippen LogP) is 3.41. The number of hydrogen-bond donors (Lipinski definition) is 0. The Balaban J connectivity index is 1.14. The average molecular weight is 524 g/mol. The van der Waals surface area contributed by atoms with E-state index in [-0.39, 0.29) is 18.3 Å². The lowest BCUT2D eigenvalue weighted by molar-refractivity contribution is -0.173. The molecule has 3 fully saturated rings. The van der Waals surface area contributed by atoms with E-state index in [1.807, 2.05) is 25.1 Å². The summed E-state index contributed by atoms with van der Waals surface area (Å²) in [7, 11) is 0. The Kier molecular flexibility index (Phi) is 4.67. The Labute approximate surface area is 217 Å². The zero-order valence-electron chi connectivity index (χ0n) is 20.2. The van der Waals surface area contributed by atoms with E-state index in [0.29, 0.717) is 29.8 Å². The molecule has 1 saturated carbocycles. The molecular formula is C25H24ClF2N9. The van der Waals surface area contributed by atoms with Crippen LogP contribution in [0.4, 0.5) is 20.7 Å². The van der Waals surface area contributed by atoms with E-state index >= 15 is 0 Å². The number of nitriles is 1. The zero-order chi connectivity index (χ0) is 25.6. The first-order valence-corrected chi connectivity index (χ1v) is 12.6. The van der Waals surface area contributed by atoms with Crippen molar-refractivity contribution in [3.63, 3.8) is 0 Å². The SMILES string of the molecule is CC1(N2Cc3cc(Cl)ccc3-n3c(nnc3N3CC4(CN(c5nccc(C#N)n5)C4)C3)C2)CC(F)(F)C1. The van der Waals surface area contributed by atoms with Crippen LogP contribution < -0.4 is 9.80 Å². The van der Waals surface area contributed by atoms with Crippen LogP contribution in [-0.4, -0.2) is 67.3 Å². The van der Waals surface area contributed by atoms with Crippen molar-refractivity contribution < 1.29 is 8.78 Å². The van der Waals surface area contributed by atoms with Gasteiger partial charge < -0.3 is 9.80 Å². The molecule has 2 saturated heterocycles. The lowest BCUT2D eigenvalue weighted by Crippen LogP contribution is -2.73. The normalized spacial score (nSPS) is 22.7. The van der Waals surface area contributed by atoms with Gasteiger partial charge in [0.2, 0.25) is 11.9 Å². The Morgan fingerprint density at radius 3 is 2.51 bits per heavy atom. The van der Waals surface area contributed by atoms with Crippen LogP contribution in [0.15, 0.2) is 30.5 Å². The first-order chi connectivity index (χ1) is 17.7. The van der Waals surface area contributed by atoms with Crippen LogP contribution in [0, 0.1) is 16.7 Å². The van der Waals surface area contributed by atoms with Crippen molar-refractivity contribution in [2.24, 2.45) is 5.41 Å². The molecule has 1 spiro atoms. The van der Waals surface area contributed by atoms with E-state index in [0.717, 1.165) is 49.2 Å². The molecule has 2 aromatic heterocycles. The maximum absolute atomic E-state index is 13.9. The largest absolute Gasteiger partial charge is 0.339 e. The Morgan fingerprint density at radius 1 is 1.03 bits per heavy atom. The van der Waals surface area contributed by atoms with Gasteiger partial charge in [0.1, 0.15) is 11.8 Å². The number of hydrogen-bond acceptors (Lipinski definition) is 8. The monoisotopic (exact) mass is 523 g/mol. The Bertz CT molecular complexity index is 1440. The van der Waals surface area contributed by atoms with Crippen molar-refractivity contribution in [2.75, 3.05) is 36.0 Å². The molecule has 0 N–H and O–H groups in total. The highest BCUT2D eigenvalue weighted by Gasteiger charge is 2.57. The number of nitrogens with zero attached hydrogens (tertiary/aromatic N) is 9. The predicted molar refractivity (Wildman–Crippen MR) is 132 cm³/mol. The minimum absolute atomic E-state index is 0.114. The maximum Gasteiger partial charge on any atom is 0.251 e. The van der Waals surface area contributed by atoms with E-state index in [1.165, 1.54) is 0 Å². The maximum atomic E-state index is 13.9. The number of alkyl halides is 2. The molecule has 37 heavy (non-hydrogen) atoms. The third-order valence-electron chi connectivity index (χ3n) is 8.16. The highest BCUT2D eigenvalue weighted by Crippen LogP contribution is 2.51. The molecule has 12 heteroatoms. The minimum Gasteiger partial charge on any atom is -0.339 e. The molecule has 5 heterocycles. The Hall–Kier alpha value is -3.36. The minimum atomic E-state index is -2.62. The summed E-state index contributed by atoms with van der Waals surface area (Å²) in [4.78, 5) is 15.0. The summed E-state index contributed by atoms with van der Waals surface area (Å²) >= 11 is 6.35. The van der Waals surface area contributed by atoms with Crippen LogP contribution in [0.1, 0.15) is 36.8 Å². The molecule has 0 radical (unpaired) electrons.